The van der Waals surface area contributed by atoms with Gasteiger partial charge < -0.3 is 4.52 Å². The largest absolute Gasteiger partial charge is 0.339 e. The number of hydrogen-bond donors (Lipinski definition) is 0. The number of pyridine rings is 1. The van der Waals surface area contributed by atoms with Crippen molar-refractivity contribution in [2.24, 2.45) is 0 Å². The quantitative estimate of drug-likeness (QED) is 0.591. The van der Waals surface area contributed by atoms with Crippen LogP contribution in [-0.4, -0.2) is 39.2 Å². The highest BCUT2D eigenvalue weighted by atomic mass is 35.5. The van der Waals surface area contributed by atoms with Crippen molar-refractivity contribution < 1.29 is 4.52 Å². The fourth-order valence-corrected chi connectivity index (χ4v) is 5.17. The molecule has 7 heteroatoms. The van der Waals surface area contributed by atoms with Crippen LogP contribution in [0.5, 0.6) is 0 Å². The summed E-state index contributed by atoms with van der Waals surface area (Å²) in [4.78, 5) is 11.6. The second kappa shape index (κ2) is 7.14. The molecule has 2 saturated heterocycles. The summed E-state index contributed by atoms with van der Waals surface area (Å²) >= 11 is 12.5. The third kappa shape index (κ3) is 3.02. The van der Waals surface area contributed by atoms with Gasteiger partial charge in [0, 0.05) is 18.3 Å². The van der Waals surface area contributed by atoms with Crippen LogP contribution in [0.25, 0.3) is 11.5 Å². The van der Waals surface area contributed by atoms with Crippen molar-refractivity contribution >= 4 is 23.2 Å². The van der Waals surface area contributed by atoms with E-state index in [2.05, 4.69) is 28.2 Å². The van der Waals surface area contributed by atoms with Crippen LogP contribution in [0.4, 0.5) is 0 Å². The van der Waals surface area contributed by atoms with Gasteiger partial charge in [0.25, 0.3) is 0 Å². The van der Waals surface area contributed by atoms with Crippen LogP contribution in [0.15, 0.2) is 47.1 Å². The zero-order chi connectivity index (χ0) is 19.3. The van der Waals surface area contributed by atoms with Crippen molar-refractivity contribution in [2.75, 3.05) is 7.05 Å². The average molecular weight is 415 g/mol. The molecule has 0 spiro atoms. The SMILES string of the molecule is CN1C2CC[C@@H]1[C@H](c1nc(-c3ccccn3)no1)[C@@H](c1ccc(Cl)c(Cl)c1)C2. The molecule has 144 valence electrons. The van der Waals surface area contributed by atoms with Crippen LogP contribution < -0.4 is 0 Å². The number of hydrogen-bond acceptors (Lipinski definition) is 5. The van der Waals surface area contributed by atoms with Crippen LogP contribution in [0.1, 0.15) is 42.6 Å². The minimum atomic E-state index is 0.117. The molecule has 2 bridgehead atoms. The molecule has 4 heterocycles. The number of fused-ring (bicyclic) bond motifs is 2. The lowest BCUT2D eigenvalue weighted by Gasteiger charge is -2.41. The van der Waals surface area contributed by atoms with Gasteiger partial charge >= 0.3 is 0 Å². The minimum Gasteiger partial charge on any atom is -0.339 e. The van der Waals surface area contributed by atoms with Crippen LogP contribution in [0.3, 0.4) is 0 Å². The molecule has 0 saturated carbocycles. The summed E-state index contributed by atoms with van der Waals surface area (Å²) in [5.41, 5.74) is 1.90. The average Bonchev–Trinajstić information content (AvgIpc) is 3.28. The highest BCUT2D eigenvalue weighted by Gasteiger charge is 2.49. The van der Waals surface area contributed by atoms with Gasteiger partial charge in [-0.2, -0.15) is 4.98 Å². The van der Waals surface area contributed by atoms with Gasteiger partial charge in [0.05, 0.1) is 16.0 Å². The van der Waals surface area contributed by atoms with Gasteiger partial charge in [0.2, 0.25) is 11.7 Å². The van der Waals surface area contributed by atoms with Gasteiger partial charge in [-0.1, -0.05) is 40.5 Å². The first-order valence-corrected chi connectivity index (χ1v) is 10.3. The van der Waals surface area contributed by atoms with E-state index in [1.807, 2.05) is 30.3 Å². The molecule has 5 rings (SSSR count). The number of piperidine rings is 1. The van der Waals surface area contributed by atoms with E-state index < -0.39 is 0 Å². The molecule has 1 aromatic carbocycles. The second-order valence-corrected chi connectivity index (χ2v) is 8.49. The van der Waals surface area contributed by atoms with E-state index in [0.717, 1.165) is 18.5 Å². The molecule has 3 aromatic rings. The molecule has 0 amide bonds. The first-order valence-electron chi connectivity index (χ1n) is 9.53. The first kappa shape index (κ1) is 18.1. The molecular formula is C21H20Cl2N4O. The number of halogens is 2. The number of likely N-dealkylation sites (N-methyl/N-ethyl adjacent to an activating group) is 1. The molecule has 28 heavy (non-hydrogen) atoms. The number of benzene rings is 1. The maximum atomic E-state index is 6.33. The molecule has 0 aliphatic carbocycles. The second-order valence-electron chi connectivity index (χ2n) is 7.68. The van der Waals surface area contributed by atoms with Gasteiger partial charge in [-0.3, -0.25) is 9.88 Å². The summed E-state index contributed by atoms with van der Waals surface area (Å²) < 4.78 is 5.78. The predicted molar refractivity (Wildman–Crippen MR) is 109 cm³/mol. The predicted octanol–water partition coefficient (Wildman–Crippen LogP) is 5.17. The number of aromatic nitrogens is 3. The Balaban J connectivity index is 1.55. The third-order valence-corrected chi connectivity index (χ3v) is 7.00. The van der Waals surface area contributed by atoms with Crippen molar-refractivity contribution in [3.63, 3.8) is 0 Å². The maximum absolute atomic E-state index is 6.33. The Hall–Kier alpha value is -1.95. The third-order valence-electron chi connectivity index (χ3n) is 6.26. The van der Waals surface area contributed by atoms with Crippen molar-refractivity contribution in [1.82, 2.24) is 20.0 Å². The molecule has 1 unspecified atom stereocenters. The molecule has 2 fully saturated rings. The van der Waals surface area contributed by atoms with Crippen molar-refractivity contribution in [3.8, 4) is 11.5 Å². The van der Waals surface area contributed by atoms with Crippen LogP contribution in [0, 0.1) is 0 Å². The van der Waals surface area contributed by atoms with Gasteiger partial charge in [-0.15, -0.1) is 0 Å². The summed E-state index contributed by atoms with van der Waals surface area (Å²) in [6, 6.07) is 12.6. The Morgan fingerprint density at radius 1 is 1.11 bits per heavy atom. The molecule has 4 atom stereocenters. The van der Waals surface area contributed by atoms with Crippen LogP contribution >= 0.6 is 23.2 Å². The fourth-order valence-electron chi connectivity index (χ4n) is 4.86. The highest BCUT2D eigenvalue weighted by molar-refractivity contribution is 6.42. The zero-order valence-corrected chi connectivity index (χ0v) is 16.9. The van der Waals surface area contributed by atoms with E-state index in [1.54, 1.807) is 6.20 Å². The monoisotopic (exact) mass is 414 g/mol. The molecule has 5 nitrogen and oxygen atoms in total. The molecular weight excluding hydrogens is 395 g/mol. The normalized spacial score (nSPS) is 27.2. The van der Waals surface area contributed by atoms with E-state index in [0.29, 0.717) is 33.8 Å². The molecule has 2 aliphatic rings. The van der Waals surface area contributed by atoms with Crippen LogP contribution in [-0.2, 0) is 0 Å². The summed E-state index contributed by atoms with van der Waals surface area (Å²) in [6.07, 6.45) is 5.10. The smallest absolute Gasteiger partial charge is 0.232 e. The Labute approximate surface area is 173 Å². The molecule has 2 aliphatic heterocycles. The van der Waals surface area contributed by atoms with E-state index in [-0.39, 0.29) is 11.8 Å². The lowest BCUT2D eigenvalue weighted by atomic mass is 9.76. The maximum Gasteiger partial charge on any atom is 0.232 e. The Morgan fingerprint density at radius 2 is 2.00 bits per heavy atom. The molecule has 0 radical (unpaired) electrons. The Kier molecular flexibility index (Phi) is 4.62. The van der Waals surface area contributed by atoms with Gasteiger partial charge in [0.15, 0.2) is 0 Å². The van der Waals surface area contributed by atoms with E-state index in [1.165, 1.54) is 12.0 Å². The Bertz CT molecular complexity index is 993. The topological polar surface area (TPSA) is 55.1 Å². The van der Waals surface area contributed by atoms with Crippen molar-refractivity contribution in [2.45, 2.75) is 43.2 Å². The minimum absolute atomic E-state index is 0.117. The lowest BCUT2D eigenvalue weighted by molar-refractivity contribution is 0.120. The molecule has 0 N–H and O–H groups in total. The standard InChI is InChI=1S/C21H20Cl2N4O/c1-27-13-6-8-18(27)19(14(11-13)12-5-7-15(22)16(23)10-12)21-25-20(26-28-21)17-4-2-3-9-24-17/h2-5,7,9-10,13-14,18-19H,6,8,11H2,1H3/t13?,14-,18-,19-/m1/s1. The summed E-state index contributed by atoms with van der Waals surface area (Å²) in [5.74, 6) is 1.59. The summed E-state index contributed by atoms with van der Waals surface area (Å²) in [6.45, 7) is 0. The fraction of sp³-hybridized carbons (Fsp3) is 0.381. The van der Waals surface area contributed by atoms with E-state index in [4.69, 9.17) is 32.7 Å². The first-order chi connectivity index (χ1) is 13.6. The lowest BCUT2D eigenvalue weighted by Crippen LogP contribution is -2.44. The summed E-state index contributed by atoms with van der Waals surface area (Å²) in [5, 5.41) is 5.38. The van der Waals surface area contributed by atoms with E-state index in [9.17, 15) is 0 Å². The van der Waals surface area contributed by atoms with Crippen LogP contribution in [0.2, 0.25) is 10.0 Å². The van der Waals surface area contributed by atoms with Crippen molar-refractivity contribution in [3.05, 3.63) is 64.1 Å². The van der Waals surface area contributed by atoms with Gasteiger partial charge in [-0.05, 0) is 62.1 Å². The zero-order valence-electron chi connectivity index (χ0n) is 15.4. The molecule has 2 aromatic heterocycles. The Morgan fingerprint density at radius 3 is 2.79 bits per heavy atom. The highest BCUT2D eigenvalue weighted by Crippen LogP contribution is 2.51. The van der Waals surface area contributed by atoms with E-state index >= 15 is 0 Å². The van der Waals surface area contributed by atoms with Gasteiger partial charge in [0.1, 0.15) is 5.69 Å². The summed E-state index contributed by atoms with van der Waals surface area (Å²) in [7, 11) is 2.20. The van der Waals surface area contributed by atoms with Gasteiger partial charge in [-0.25, -0.2) is 0 Å². The number of rotatable bonds is 3. The van der Waals surface area contributed by atoms with Crippen molar-refractivity contribution in [1.29, 1.82) is 0 Å². The number of nitrogens with zero attached hydrogens (tertiary/aromatic N) is 4.